The van der Waals surface area contributed by atoms with Gasteiger partial charge in [0.15, 0.2) is 0 Å². The van der Waals surface area contributed by atoms with Gasteiger partial charge >= 0.3 is 5.97 Å². The van der Waals surface area contributed by atoms with Gasteiger partial charge in [-0.2, -0.15) is 0 Å². The SMILES string of the molecule is COC(=O)[C@@H](NC(=O)c1cnc(C)cn1)C(C)(C)C. The molecular weight excluding hydrogens is 246 g/mol. The molecule has 0 aliphatic carbocycles. The number of hydrogen-bond donors (Lipinski definition) is 1. The Hall–Kier alpha value is -1.98. The van der Waals surface area contributed by atoms with Crippen LogP contribution in [0.1, 0.15) is 37.0 Å². The highest BCUT2D eigenvalue weighted by atomic mass is 16.5. The topological polar surface area (TPSA) is 81.2 Å². The van der Waals surface area contributed by atoms with Crippen molar-refractivity contribution in [3.63, 3.8) is 0 Å². The standard InChI is InChI=1S/C13H19N3O3/c1-8-6-15-9(7-14-8)11(17)16-10(12(18)19-5)13(2,3)4/h6-7,10H,1-5H3,(H,16,17)/t10-/m1/s1. The Morgan fingerprint density at radius 3 is 2.32 bits per heavy atom. The molecular formula is C13H19N3O3. The average Bonchev–Trinajstić information content (AvgIpc) is 2.34. The zero-order valence-corrected chi connectivity index (χ0v) is 11.9. The Bertz CT molecular complexity index is 463. The quantitative estimate of drug-likeness (QED) is 0.828. The van der Waals surface area contributed by atoms with Crippen molar-refractivity contribution in [3.05, 3.63) is 23.8 Å². The third kappa shape index (κ3) is 4.01. The van der Waals surface area contributed by atoms with Gasteiger partial charge in [-0.05, 0) is 12.3 Å². The van der Waals surface area contributed by atoms with E-state index in [2.05, 4.69) is 15.3 Å². The van der Waals surface area contributed by atoms with E-state index >= 15 is 0 Å². The van der Waals surface area contributed by atoms with Gasteiger partial charge in [0.1, 0.15) is 11.7 Å². The summed E-state index contributed by atoms with van der Waals surface area (Å²) in [5.74, 6) is -0.932. The summed E-state index contributed by atoms with van der Waals surface area (Å²) in [6.45, 7) is 7.31. The molecule has 0 saturated heterocycles. The molecule has 1 amide bonds. The van der Waals surface area contributed by atoms with Crippen molar-refractivity contribution in [2.45, 2.75) is 33.7 Å². The van der Waals surface area contributed by atoms with Crippen LogP contribution in [0.5, 0.6) is 0 Å². The molecule has 6 nitrogen and oxygen atoms in total. The van der Waals surface area contributed by atoms with E-state index in [4.69, 9.17) is 4.74 Å². The number of nitrogens with zero attached hydrogens (tertiary/aromatic N) is 2. The van der Waals surface area contributed by atoms with E-state index in [-0.39, 0.29) is 5.69 Å². The molecule has 0 fully saturated rings. The van der Waals surface area contributed by atoms with Crippen molar-refractivity contribution >= 4 is 11.9 Å². The highest BCUT2D eigenvalue weighted by Crippen LogP contribution is 2.20. The monoisotopic (exact) mass is 265 g/mol. The Kier molecular flexibility index (Phi) is 4.58. The summed E-state index contributed by atoms with van der Waals surface area (Å²) in [5, 5.41) is 2.63. The van der Waals surface area contributed by atoms with Crippen LogP contribution < -0.4 is 5.32 Å². The number of carbonyl (C=O) groups is 2. The summed E-state index contributed by atoms with van der Waals surface area (Å²) in [7, 11) is 1.29. The zero-order valence-electron chi connectivity index (χ0n) is 11.9. The van der Waals surface area contributed by atoms with Crippen LogP contribution in [0.3, 0.4) is 0 Å². The van der Waals surface area contributed by atoms with Crippen LogP contribution in [0.2, 0.25) is 0 Å². The van der Waals surface area contributed by atoms with Gasteiger partial charge in [0.2, 0.25) is 0 Å². The second-order valence-corrected chi connectivity index (χ2v) is 5.34. The number of nitrogens with one attached hydrogen (secondary N) is 1. The number of hydrogen-bond acceptors (Lipinski definition) is 5. The molecule has 1 aromatic rings. The van der Waals surface area contributed by atoms with Gasteiger partial charge in [0.25, 0.3) is 5.91 Å². The molecule has 0 aromatic carbocycles. The number of rotatable bonds is 3. The number of methoxy groups -OCH3 is 1. The van der Waals surface area contributed by atoms with Crippen LogP contribution in [0.25, 0.3) is 0 Å². The average molecular weight is 265 g/mol. The lowest BCUT2D eigenvalue weighted by Crippen LogP contribution is -2.49. The number of carbonyl (C=O) groups excluding carboxylic acids is 2. The summed E-state index contributed by atoms with van der Waals surface area (Å²) in [6, 6.07) is -0.742. The molecule has 1 rings (SSSR count). The molecule has 0 radical (unpaired) electrons. The van der Waals surface area contributed by atoms with Gasteiger partial charge in [0.05, 0.1) is 19.0 Å². The molecule has 0 bridgehead atoms. The third-order valence-electron chi connectivity index (χ3n) is 2.59. The Morgan fingerprint density at radius 2 is 1.89 bits per heavy atom. The highest BCUT2D eigenvalue weighted by molar-refractivity contribution is 5.95. The van der Waals surface area contributed by atoms with Crippen LogP contribution in [0.4, 0.5) is 0 Å². The first-order valence-electron chi connectivity index (χ1n) is 5.93. The molecule has 0 saturated carbocycles. The van der Waals surface area contributed by atoms with Crippen molar-refractivity contribution in [1.82, 2.24) is 15.3 Å². The Labute approximate surface area is 112 Å². The molecule has 104 valence electrons. The first-order valence-corrected chi connectivity index (χ1v) is 5.93. The van der Waals surface area contributed by atoms with Crippen LogP contribution in [-0.4, -0.2) is 35.0 Å². The molecule has 1 atom stereocenters. The smallest absolute Gasteiger partial charge is 0.328 e. The minimum Gasteiger partial charge on any atom is -0.467 e. The fourth-order valence-corrected chi connectivity index (χ4v) is 1.46. The first kappa shape index (κ1) is 15.1. The fraction of sp³-hybridized carbons (Fsp3) is 0.538. The predicted octanol–water partition coefficient (Wildman–Crippen LogP) is 1.10. The number of aryl methyl sites for hydroxylation is 1. The maximum Gasteiger partial charge on any atom is 0.328 e. The normalized spacial score (nSPS) is 12.7. The molecule has 0 spiro atoms. The lowest BCUT2D eigenvalue weighted by atomic mass is 9.86. The third-order valence-corrected chi connectivity index (χ3v) is 2.59. The van der Waals surface area contributed by atoms with Gasteiger partial charge in [-0.25, -0.2) is 9.78 Å². The number of amides is 1. The van der Waals surface area contributed by atoms with E-state index < -0.39 is 23.3 Å². The van der Waals surface area contributed by atoms with Gasteiger partial charge in [-0.1, -0.05) is 20.8 Å². The van der Waals surface area contributed by atoms with E-state index in [0.717, 1.165) is 5.69 Å². The van der Waals surface area contributed by atoms with Gasteiger partial charge in [-0.3, -0.25) is 9.78 Å². The van der Waals surface area contributed by atoms with Crippen LogP contribution in [-0.2, 0) is 9.53 Å². The summed E-state index contributed by atoms with van der Waals surface area (Å²) >= 11 is 0. The lowest BCUT2D eigenvalue weighted by Gasteiger charge is -2.28. The minimum absolute atomic E-state index is 0.170. The summed E-state index contributed by atoms with van der Waals surface area (Å²) in [5.41, 5.74) is 0.432. The van der Waals surface area contributed by atoms with Gasteiger partial charge in [-0.15, -0.1) is 0 Å². The predicted molar refractivity (Wildman–Crippen MR) is 69.5 cm³/mol. The Balaban J connectivity index is 2.88. The summed E-state index contributed by atoms with van der Waals surface area (Å²) < 4.78 is 4.71. The lowest BCUT2D eigenvalue weighted by molar-refractivity contribution is -0.145. The molecule has 1 N–H and O–H groups in total. The summed E-state index contributed by atoms with van der Waals surface area (Å²) in [4.78, 5) is 31.7. The summed E-state index contributed by atoms with van der Waals surface area (Å²) in [6.07, 6.45) is 2.88. The van der Waals surface area contributed by atoms with Crippen molar-refractivity contribution in [3.8, 4) is 0 Å². The number of esters is 1. The van der Waals surface area contributed by atoms with Crippen molar-refractivity contribution in [2.75, 3.05) is 7.11 Å². The van der Waals surface area contributed by atoms with E-state index in [0.29, 0.717) is 0 Å². The number of aromatic nitrogens is 2. The van der Waals surface area contributed by atoms with Crippen LogP contribution in [0.15, 0.2) is 12.4 Å². The van der Waals surface area contributed by atoms with Gasteiger partial charge < -0.3 is 10.1 Å². The second-order valence-electron chi connectivity index (χ2n) is 5.34. The zero-order chi connectivity index (χ0) is 14.6. The maximum atomic E-state index is 12.0. The van der Waals surface area contributed by atoms with E-state index in [1.54, 1.807) is 6.92 Å². The molecule has 19 heavy (non-hydrogen) atoms. The Morgan fingerprint density at radius 1 is 1.26 bits per heavy atom. The largest absolute Gasteiger partial charge is 0.467 e. The molecule has 0 unspecified atom stereocenters. The van der Waals surface area contributed by atoms with E-state index in [9.17, 15) is 9.59 Å². The molecule has 1 heterocycles. The van der Waals surface area contributed by atoms with Crippen molar-refractivity contribution < 1.29 is 14.3 Å². The van der Waals surface area contributed by atoms with Crippen molar-refractivity contribution in [1.29, 1.82) is 0 Å². The number of ether oxygens (including phenoxy) is 1. The molecule has 6 heteroatoms. The van der Waals surface area contributed by atoms with Crippen LogP contribution >= 0.6 is 0 Å². The fourth-order valence-electron chi connectivity index (χ4n) is 1.46. The minimum atomic E-state index is -0.742. The van der Waals surface area contributed by atoms with Gasteiger partial charge in [0, 0.05) is 6.20 Å². The van der Waals surface area contributed by atoms with Crippen LogP contribution in [0, 0.1) is 12.3 Å². The maximum absolute atomic E-state index is 12.0. The highest BCUT2D eigenvalue weighted by Gasteiger charge is 2.34. The molecule has 0 aliphatic rings. The van der Waals surface area contributed by atoms with E-state index in [1.165, 1.54) is 19.5 Å². The second kappa shape index (κ2) is 5.77. The van der Waals surface area contributed by atoms with Crippen molar-refractivity contribution in [2.24, 2.45) is 5.41 Å². The first-order chi connectivity index (χ1) is 8.75. The van der Waals surface area contributed by atoms with E-state index in [1.807, 2.05) is 20.8 Å². The molecule has 1 aromatic heterocycles. The molecule has 0 aliphatic heterocycles.